The number of rotatable bonds is 6. The molecule has 0 atom stereocenters. The molecule has 0 radical (unpaired) electrons. The topological polar surface area (TPSA) is 114 Å². The van der Waals surface area contributed by atoms with Crippen LogP contribution in [0.1, 0.15) is 27.4 Å². The number of hydrogen-bond acceptors (Lipinski definition) is 6. The second-order valence-corrected chi connectivity index (χ2v) is 8.21. The van der Waals surface area contributed by atoms with Gasteiger partial charge in [-0.25, -0.2) is 8.42 Å². The van der Waals surface area contributed by atoms with Gasteiger partial charge in [0.15, 0.2) is 0 Å². The molecule has 0 bridgehead atoms. The van der Waals surface area contributed by atoms with Crippen molar-refractivity contribution in [3.63, 3.8) is 0 Å². The first-order valence-corrected chi connectivity index (χ1v) is 10.4. The van der Waals surface area contributed by atoms with Gasteiger partial charge in [-0.15, -0.1) is 0 Å². The van der Waals surface area contributed by atoms with Crippen LogP contribution in [-0.2, 0) is 16.6 Å². The van der Waals surface area contributed by atoms with Crippen LogP contribution < -0.4 is 10.0 Å². The van der Waals surface area contributed by atoms with E-state index in [-0.39, 0.29) is 18.3 Å². The van der Waals surface area contributed by atoms with Crippen molar-refractivity contribution in [1.82, 2.24) is 15.5 Å². The van der Waals surface area contributed by atoms with Gasteiger partial charge in [0.1, 0.15) is 0 Å². The third-order valence-corrected chi connectivity index (χ3v) is 4.55. The van der Waals surface area contributed by atoms with Crippen LogP contribution in [0, 0.1) is 13.8 Å². The van der Waals surface area contributed by atoms with Crippen LogP contribution in [0.2, 0.25) is 0 Å². The highest BCUT2D eigenvalue weighted by molar-refractivity contribution is 7.92. The van der Waals surface area contributed by atoms with Crippen molar-refractivity contribution < 1.29 is 17.7 Å². The smallest absolute Gasteiger partial charge is 0.251 e. The summed E-state index contributed by atoms with van der Waals surface area (Å²) in [5.41, 5.74) is 3.43. The molecule has 0 saturated heterocycles. The van der Waals surface area contributed by atoms with Crippen molar-refractivity contribution in [2.45, 2.75) is 20.4 Å². The number of benzene rings is 2. The van der Waals surface area contributed by atoms with E-state index in [1.54, 1.807) is 25.1 Å². The van der Waals surface area contributed by atoms with Gasteiger partial charge in [-0.1, -0.05) is 35.0 Å². The van der Waals surface area contributed by atoms with E-state index in [9.17, 15) is 13.2 Å². The molecule has 1 amide bonds. The van der Waals surface area contributed by atoms with Crippen LogP contribution in [0.3, 0.4) is 0 Å². The summed E-state index contributed by atoms with van der Waals surface area (Å²) in [5, 5.41) is 6.63. The summed E-state index contributed by atoms with van der Waals surface area (Å²) in [6.45, 7) is 3.79. The molecule has 0 spiro atoms. The molecule has 0 unspecified atom stereocenters. The Hall–Kier alpha value is -3.20. The van der Waals surface area contributed by atoms with Gasteiger partial charge in [0.25, 0.3) is 5.91 Å². The van der Waals surface area contributed by atoms with Gasteiger partial charge in [-0.05, 0) is 37.6 Å². The molecular formula is C19H20N4O4S. The number of carbonyl (C=O) groups is 1. The van der Waals surface area contributed by atoms with Crippen molar-refractivity contribution in [1.29, 1.82) is 0 Å². The molecule has 146 valence electrons. The van der Waals surface area contributed by atoms with Crippen LogP contribution in [0.15, 0.2) is 47.0 Å². The highest BCUT2D eigenvalue weighted by Crippen LogP contribution is 2.18. The van der Waals surface area contributed by atoms with Crippen molar-refractivity contribution in [3.05, 3.63) is 65.0 Å². The number of aryl methyl sites for hydroxylation is 2. The molecule has 28 heavy (non-hydrogen) atoms. The number of nitrogens with one attached hydrogen (secondary N) is 2. The standard InChI is InChI=1S/C19H20N4O4S/c1-12-4-6-14(7-5-12)18-21-17(27-22-18)11-20-19(24)15-8-9-16(13(2)10-15)23-28(3,25)26/h4-10,23H,11H2,1-3H3,(H,20,24). The third kappa shape index (κ3) is 4.95. The molecule has 2 N–H and O–H groups in total. The van der Waals surface area contributed by atoms with Crippen molar-refractivity contribution in [2.75, 3.05) is 11.0 Å². The lowest BCUT2D eigenvalue weighted by Gasteiger charge is -2.09. The lowest BCUT2D eigenvalue weighted by Crippen LogP contribution is -2.23. The number of anilines is 1. The average molecular weight is 400 g/mol. The third-order valence-electron chi connectivity index (χ3n) is 3.96. The Morgan fingerprint density at radius 1 is 1.11 bits per heavy atom. The molecule has 0 saturated carbocycles. The summed E-state index contributed by atoms with van der Waals surface area (Å²) in [5.74, 6) is 0.413. The average Bonchev–Trinajstić information content (AvgIpc) is 3.10. The maximum absolute atomic E-state index is 12.3. The Morgan fingerprint density at radius 3 is 2.46 bits per heavy atom. The van der Waals surface area contributed by atoms with E-state index >= 15 is 0 Å². The number of nitrogens with zero attached hydrogens (tertiary/aromatic N) is 2. The van der Waals surface area contributed by atoms with E-state index in [0.717, 1.165) is 17.4 Å². The second kappa shape index (κ2) is 7.81. The maximum atomic E-state index is 12.3. The summed E-state index contributed by atoms with van der Waals surface area (Å²) in [7, 11) is -3.38. The zero-order chi connectivity index (χ0) is 20.3. The van der Waals surface area contributed by atoms with E-state index in [1.165, 1.54) is 0 Å². The number of carbonyl (C=O) groups excluding carboxylic acids is 1. The lowest BCUT2D eigenvalue weighted by atomic mass is 10.1. The minimum atomic E-state index is -3.38. The van der Waals surface area contributed by atoms with E-state index in [4.69, 9.17) is 4.52 Å². The Bertz CT molecular complexity index is 1110. The van der Waals surface area contributed by atoms with Crippen LogP contribution >= 0.6 is 0 Å². The Balaban J connectivity index is 1.64. The molecular weight excluding hydrogens is 380 g/mol. The Labute approximate surface area is 163 Å². The second-order valence-electron chi connectivity index (χ2n) is 6.46. The van der Waals surface area contributed by atoms with Crippen molar-refractivity contribution >= 4 is 21.6 Å². The monoisotopic (exact) mass is 400 g/mol. The quantitative estimate of drug-likeness (QED) is 0.657. The highest BCUT2D eigenvalue weighted by Gasteiger charge is 2.13. The van der Waals surface area contributed by atoms with Crippen LogP contribution in [-0.4, -0.2) is 30.7 Å². The molecule has 3 aromatic rings. The largest absolute Gasteiger partial charge is 0.343 e. The number of hydrogen-bond donors (Lipinski definition) is 2. The number of sulfonamides is 1. The molecule has 1 aromatic heterocycles. The van der Waals surface area contributed by atoms with Gasteiger partial charge in [-0.3, -0.25) is 9.52 Å². The SMILES string of the molecule is Cc1ccc(-c2noc(CNC(=O)c3ccc(NS(C)(=O)=O)c(C)c3)n2)cc1. The predicted molar refractivity (Wildman–Crippen MR) is 105 cm³/mol. The van der Waals surface area contributed by atoms with E-state index in [2.05, 4.69) is 20.2 Å². The van der Waals surface area contributed by atoms with Crippen molar-refractivity contribution in [2.24, 2.45) is 0 Å². The molecule has 1 heterocycles. The minimum absolute atomic E-state index is 0.0834. The Kier molecular flexibility index (Phi) is 5.46. The van der Waals surface area contributed by atoms with Crippen LogP contribution in [0.4, 0.5) is 5.69 Å². The zero-order valence-electron chi connectivity index (χ0n) is 15.7. The normalized spacial score (nSPS) is 11.2. The summed E-state index contributed by atoms with van der Waals surface area (Å²) in [6.07, 6.45) is 1.07. The summed E-state index contributed by atoms with van der Waals surface area (Å²) >= 11 is 0. The summed E-state index contributed by atoms with van der Waals surface area (Å²) < 4.78 is 30.3. The van der Waals surface area contributed by atoms with Gasteiger partial charge in [0, 0.05) is 11.1 Å². The van der Waals surface area contributed by atoms with Gasteiger partial charge in [0.2, 0.25) is 21.7 Å². The Morgan fingerprint density at radius 2 is 1.82 bits per heavy atom. The number of aromatic nitrogens is 2. The zero-order valence-corrected chi connectivity index (χ0v) is 16.5. The van der Waals surface area contributed by atoms with E-state index in [0.29, 0.717) is 22.6 Å². The molecule has 8 nitrogen and oxygen atoms in total. The van der Waals surface area contributed by atoms with E-state index < -0.39 is 10.0 Å². The van der Waals surface area contributed by atoms with Crippen LogP contribution in [0.25, 0.3) is 11.4 Å². The molecule has 2 aromatic carbocycles. The molecule has 0 aliphatic carbocycles. The maximum Gasteiger partial charge on any atom is 0.251 e. The fourth-order valence-corrected chi connectivity index (χ4v) is 3.15. The molecule has 3 rings (SSSR count). The highest BCUT2D eigenvalue weighted by atomic mass is 32.2. The first-order chi connectivity index (χ1) is 13.2. The van der Waals surface area contributed by atoms with Crippen molar-refractivity contribution in [3.8, 4) is 11.4 Å². The molecule has 0 aliphatic rings. The van der Waals surface area contributed by atoms with E-state index in [1.807, 2.05) is 31.2 Å². The summed E-state index contributed by atoms with van der Waals surface area (Å²) in [4.78, 5) is 16.6. The molecule has 0 fully saturated rings. The fourth-order valence-electron chi connectivity index (χ4n) is 2.52. The van der Waals surface area contributed by atoms with Gasteiger partial charge in [-0.2, -0.15) is 4.98 Å². The van der Waals surface area contributed by atoms with Gasteiger partial charge in [0.05, 0.1) is 18.5 Å². The van der Waals surface area contributed by atoms with Crippen LogP contribution in [0.5, 0.6) is 0 Å². The lowest BCUT2D eigenvalue weighted by molar-refractivity contribution is 0.0946. The minimum Gasteiger partial charge on any atom is -0.343 e. The summed E-state index contributed by atoms with van der Waals surface area (Å²) in [6, 6.07) is 12.4. The number of amides is 1. The first kappa shape index (κ1) is 19.6. The molecule has 9 heteroatoms. The van der Waals surface area contributed by atoms with Gasteiger partial charge >= 0.3 is 0 Å². The fraction of sp³-hybridized carbons (Fsp3) is 0.211. The first-order valence-electron chi connectivity index (χ1n) is 8.47. The van der Waals surface area contributed by atoms with Gasteiger partial charge < -0.3 is 9.84 Å². The predicted octanol–water partition coefficient (Wildman–Crippen LogP) is 2.65. The molecule has 0 aliphatic heterocycles.